The van der Waals surface area contributed by atoms with E-state index in [1.54, 1.807) is 0 Å². The molecule has 22 heavy (non-hydrogen) atoms. The second kappa shape index (κ2) is 5.62. The molecule has 6 heteroatoms. The fraction of sp³-hybridized carbons (Fsp3) is 0.750. The minimum absolute atomic E-state index is 0.0799. The summed E-state index contributed by atoms with van der Waals surface area (Å²) in [6, 6.07) is 0.0799. The molecule has 0 radical (unpaired) electrons. The Bertz CT molecular complexity index is 577. The van der Waals surface area contributed by atoms with Gasteiger partial charge in [-0.05, 0) is 37.7 Å². The van der Waals surface area contributed by atoms with Gasteiger partial charge in [0.1, 0.15) is 0 Å². The molecule has 2 N–H and O–H groups in total. The van der Waals surface area contributed by atoms with E-state index in [2.05, 4.69) is 15.5 Å². The predicted molar refractivity (Wildman–Crippen MR) is 84.2 cm³/mol. The Labute approximate surface area is 135 Å². The third-order valence-corrected chi connectivity index (χ3v) is 5.77. The van der Waals surface area contributed by atoms with Crippen LogP contribution in [0.2, 0.25) is 5.15 Å². The molecule has 1 aliphatic heterocycles. The Hall–Kier alpha value is -0.910. The fourth-order valence-corrected chi connectivity index (χ4v) is 4.21. The molecule has 1 saturated heterocycles. The highest BCUT2D eigenvalue weighted by molar-refractivity contribution is 6.30. The monoisotopic (exact) mass is 323 g/mol. The minimum Gasteiger partial charge on any atom is -0.391 e. The van der Waals surface area contributed by atoms with Gasteiger partial charge >= 0.3 is 0 Å². The summed E-state index contributed by atoms with van der Waals surface area (Å²) in [4.78, 5) is 0. The second-order valence-electron chi connectivity index (χ2n) is 7.07. The molecule has 3 aliphatic rings. The van der Waals surface area contributed by atoms with Crippen LogP contribution in [0.25, 0.3) is 0 Å². The van der Waals surface area contributed by atoms with Crippen molar-refractivity contribution in [2.45, 2.75) is 57.1 Å². The number of fused-ring (bicyclic) bond motifs is 1. The maximum Gasteiger partial charge on any atom is 0.155 e. The van der Waals surface area contributed by atoms with Gasteiger partial charge in [0.05, 0.1) is 25.4 Å². The number of halogens is 1. The summed E-state index contributed by atoms with van der Waals surface area (Å²) in [5.74, 6) is 0.820. The Morgan fingerprint density at radius 2 is 2.00 bits per heavy atom. The van der Waals surface area contributed by atoms with Gasteiger partial charge in [-0.2, -0.15) is 0 Å². The van der Waals surface area contributed by atoms with Gasteiger partial charge in [-0.25, -0.2) is 0 Å². The zero-order chi connectivity index (χ0) is 15.2. The first-order valence-corrected chi connectivity index (χ1v) is 8.61. The van der Waals surface area contributed by atoms with Crippen molar-refractivity contribution in [2.24, 2.45) is 5.41 Å². The number of aliphatic hydroxyl groups excluding tert-OH is 1. The maximum absolute atomic E-state index is 10.2. The van der Waals surface area contributed by atoms with Gasteiger partial charge in [0.15, 0.2) is 11.0 Å². The molecule has 1 aromatic heterocycles. The number of nitrogens with one attached hydrogen (secondary N) is 1. The van der Waals surface area contributed by atoms with Crippen LogP contribution >= 0.6 is 11.6 Å². The number of anilines is 1. The van der Waals surface area contributed by atoms with Gasteiger partial charge in [0, 0.05) is 11.0 Å². The molecule has 1 saturated carbocycles. The van der Waals surface area contributed by atoms with E-state index in [9.17, 15) is 5.11 Å². The predicted octanol–water partition coefficient (Wildman–Crippen LogP) is 2.35. The van der Waals surface area contributed by atoms with Crippen LogP contribution in [-0.2, 0) is 17.6 Å². The molecule has 1 spiro atoms. The van der Waals surface area contributed by atoms with Crippen molar-refractivity contribution >= 4 is 17.4 Å². The number of nitrogens with zero attached hydrogens (tertiary/aromatic N) is 2. The minimum atomic E-state index is -0.295. The van der Waals surface area contributed by atoms with Crippen molar-refractivity contribution in [3.05, 3.63) is 16.3 Å². The Morgan fingerprint density at radius 1 is 1.18 bits per heavy atom. The standard InChI is InChI=1S/C16H22ClN3O2/c17-14-11-7-16(8-22-9-16)6-5-10(11)15(20-19-14)18-12-3-1-2-4-13(12)21/h12-13,21H,1-9H2,(H,18,20)/t12-,13-/m1/s1. The highest BCUT2D eigenvalue weighted by atomic mass is 35.5. The highest BCUT2D eigenvalue weighted by Crippen LogP contribution is 2.44. The third kappa shape index (κ3) is 2.49. The Kier molecular flexibility index (Phi) is 3.75. The molecule has 0 unspecified atom stereocenters. The van der Waals surface area contributed by atoms with E-state index in [4.69, 9.17) is 16.3 Å². The van der Waals surface area contributed by atoms with Crippen molar-refractivity contribution < 1.29 is 9.84 Å². The topological polar surface area (TPSA) is 67.3 Å². The molecule has 0 bridgehead atoms. The summed E-state index contributed by atoms with van der Waals surface area (Å²) in [5.41, 5.74) is 2.58. The maximum atomic E-state index is 10.2. The van der Waals surface area contributed by atoms with Crippen molar-refractivity contribution in [1.29, 1.82) is 0 Å². The van der Waals surface area contributed by atoms with E-state index in [-0.39, 0.29) is 17.6 Å². The molecule has 2 fully saturated rings. The second-order valence-corrected chi connectivity index (χ2v) is 7.43. The van der Waals surface area contributed by atoms with Crippen LogP contribution in [0.1, 0.15) is 43.2 Å². The van der Waals surface area contributed by atoms with E-state index in [0.29, 0.717) is 5.15 Å². The van der Waals surface area contributed by atoms with E-state index in [1.165, 1.54) is 5.56 Å². The van der Waals surface area contributed by atoms with Crippen LogP contribution in [0.3, 0.4) is 0 Å². The molecule has 0 amide bonds. The molecular formula is C16H22ClN3O2. The van der Waals surface area contributed by atoms with Crippen molar-refractivity contribution in [2.75, 3.05) is 18.5 Å². The highest BCUT2D eigenvalue weighted by Gasteiger charge is 2.43. The summed E-state index contributed by atoms with van der Waals surface area (Å²) >= 11 is 6.30. The SMILES string of the molecule is O[C@@H]1CCCC[C@H]1Nc1nnc(Cl)c2c1CCC1(COC1)C2. The van der Waals surface area contributed by atoms with Crippen molar-refractivity contribution in [1.82, 2.24) is 10.2 Å². The van der Waals surface area contributed by atoms with Crippen LogP contribution in [0.4, 0.5) is 5.82 Å². The number of ether oxygens (including phenoxy) is 1. The fourth-order valence-electron chi connectivity index (χ4n) is 3.99. The first-order chi connectivity index (χ1) is 10.7. The van der Waals surface area contributed by atoms with Crippen LogP contribution in [0.15, 0.2) is 0 Å². The van der Waals surface area contributed by atoms with Gasteiger partial charge < -0.3 is 15.2 Å². The summed E-state index contributed by atoms with van der Waals surface area (Å²) in [7, 11) is 0. The zero-order valence-corrected chi connectivity index (χ0v) is 13.4. The average Bonchev–Trinajstić information content (AvgIpc) is 2.50. The lowest BCUT2D eigenvalue weighted by molar-refractivity contribution is -0.119. The summed E-state index contributed by atoms with van der Waals surface area (Å²) in [6.07, 6.45) is 6.81. The van der Waals surface area contributed by atoms with E-state index < -0.39 is 0 Å². The smallest absolute Gasteiger partial charge is 0.155 e. The number of hydrogen-bond donors (Lipinski definition) is 2. The van der Waals surface area contributed by atoms with Gasteiger partial charge in [-0.15, -0.1) is 10.2 Å². The lowest BCUT2D eigenvalue weighted by Crippen LogP contribution is -2.47. The summed E-state index contributed by atoms with van der Waals surface area (Å²) in [6.45, 7) is 1.66. The Morgan fingerprint density at radius 3 is 2.73 bits per heavy atom. The number of rotatable bonds is 2. The number of aromatic nitrogens is 2. The Balaban J connectivity index is 1.60. The van der Waals surface area contributed by atoms with Crippen molar-refractivity contribution in [3.8, 4) is 0 Å². The number of hydrogen-bond acceptors (Lipinski definition) is 5. The lowest BCUT2D eigenvalue weighted by atomic mass is 9.70. The first-order valence-electron chi connectivity index (χ1n) is 8.23. The molecule has 4 rings (SSSR count). The third-order valence-electron chi connectivity index (χ3n) is 5.46. The molecular weight excluding hydrogens is 302 g/mol. The summed E-state index contributed by atoms with van der Waals surface area (Å²) in [5, 5.41) is 22.5. The zero-order valence-electron chi connectivity index (χ0n) is 12.6. The first kappa shape index (κ1) is 14.7. The van der Waals surface area contributed by atoms with Crippen LogP contribution in [-0.4, -0.2) is 40.7 Å². The van der Waals surface area contributed by atoms with Gasteiger partial charge in [0.2, 0.25) is 0 Å². The van der Waals surface area contributed by atoms with Crippen molar-refractivity contribution in [3.63, 3.8) is 0 Å². The van der Waals surface area contributed by atoms with Crippen LogP contribution in [0.5, 0.6) is 0 Å². The van der Waals surface area contributed by atoms with Crippen LogP contribution in [0, 0.1) is 5.41 Å². The normalized spacial score (nSPS) is 29.7. The van der Waals surface area contributed by atoms with E-state index in [0.717, 1.165) is 69.5 Å². The lowest BCUT2D eigenvalue weighted by Gasteiger charge is -2.45. The van der Waals surface area contributed by atoms with Gasteiger partial charge in [-0.3, -0.25) is 0 Å². The van der Waals surface area contributed by atoms with E-state index in [1.807, 2.05) is 0 Å². The quantitative estimate of drug-likeness (QED) is 0.874. The molecule has 2 aliphatic carbocycles. The molecule has 120 valence electrons. The van der Waals surface area contributed by atoms with Crippen LogP contribution < -0.4 is 5.32 Å². The molecule has 5 nitrogen and oxygen atoms in total. The summed E-state index contributed by atoms with van der Waals surface area (Å²) < 4.78 is 5.41. The molecule has 0 aromatic carbocycles. The largest absolute Gasteiger partial charge is 0.391 e. The molecule has 1 aromatic rings. The van der Waals surface area contributed by atoms with Gasteiger partial charge in [-0.1, -0.05) is 24.4 Å². The van der Waals surface area contributed by atoms with E-state index >= 15 is 0 Å². The molecule has 2 heterocycles. The van der Waals surface area contributed by atoms with Gasteiger partial charge in [0.25, 0.3) is 0 Å². The average molecular weight is 324 g/mol. The number of aliphatic hydroxyl groups is 1. The molecule has 2 atom stereocenters.